The van der Waals surface area contributed by atoms with Gasteiger partial charge in [0.2, 0.25) is 5.91 Å². The molecule has 9 heteroatoms. The molecule has 0 radical (unpaired) electrons. The van der Waals surface area contributed by atoms with E-state index >= 15 is 0 Å². The van der Waals surface area contributed by atoms with Crippen LogP contribution in [0.5, 0.6) is 5.75 Å². The van der Waals surface area contributed by atoms with E-state index in [4.69, 9.17) is 15.8 Å². The molecule has 0 saturated carbocycles. The van der Waals surface area contributed by atoms with Crippen LogP contribution >= 0.6 is 11.6 Å². The first-order valence-corrected chi connectivity index (χ1v) is 11.1. The highest BCUT2D eigenvalue weighted by molar-refractivity contribution is 7.84. The van der Waals surface area contributed by atoms with Gasteiger partial charge in [-0.15, -0.1) is 0 Å². The smallest absolute Gasteiger partial charge is 0.371 e. The highest BCUT2D eigenvalue weighted by Gasteiger charge is 2.35. The van der Waals surface area contributed by atoms with Gasteiger partial charge in [-0.25, -0.2) is 0 Å². The molecule has 0 aromatic heterocycles. The van der Waals surface area contributed by atoms with E-state index in [9.17, 15) is 13.2 Å². The van der Waals surface area contributed by atoms with Crippen molar-refractivity contribution in [3.05, 3.63) is 59.6 Å². The van der Waals surface area contributed by atoms with Crippen molar-refractivity contribution in [2.75, 3.05) is 32.0 Å². The number of amides is 1. The minimum absolute atomic E-state index is 0.212. The quantitative estimate of drug-likeness (QED) is 0.720. The summed E-state index contributed by atoms with van der Waals surface area (Å²) in [7, 11) is -2.16. The lowest BCUT2D eigenvalue weighted by atomic mass is 10.1. The second kappa shape index (κ2) is 9.58. The van der Waals surface area contributed by atoms with E-state index in [1.807, 2.05) is 7.05 Å². The SMILES string of the molecule is CN1CCC(N(CC(=O)Nc2ccc(Cl)cc2)S(=O)(=O)Oc2ccccc2)CC1. The van der Waals surface area contributed by atoms with Crippen LogP contribution in [0.4, 0.5) is 5.69 Å². The van der Waals surface area contributed by atoms with Crippen LogP contribution in [0.25, 0.3) is 0 Å². The van der Waals surface area contributed by atoms with Crippen molar-refractivity contribution in [1.82, 2.24) is 9.21 Å². The molecule has 7 nitrogen and oxygen atoms in total. The number of hydrogen-bond donors (Lipinski definition) is 1. The minimum atomic E-state index is -4.15. The Hall–Kier alpha value is -2.13. The average Bonchev–Trinajstić information content (AvgIpc) is 2.69. The number of likely N-dealkylation sites (tertiary alicyclic amines) is 1. The number of para-hydroxylation sites is 1. The van der Waals surface area contributed by atoms with Crippen LogP contribution in [0.15, 0.2) is 54.6 Å². The van der Waals surface area contributed by atoms with E-state index in [-0.39, 0.29) is 18.3 Å². The Bertz CT molecular complexity index is 915. The topological polar surface area (TPSA) is 79.0 Å². The molecule has 1 heterocycles. The maximum atomic E-state index is 13.0. The first kappa shape index (κ1) is 21.6. The van der Waals surface area contributed by atoms with Crippen LogP contribution in [0.1, 0.15) is 12.8 Å². The predicted octanol–water partition coefficient (Wildman–Crippen LogP) is 3.00. The predicted molar refractivity (Wildman–Crippen MR) is 113 cm³/mol. The summed E-state index contributed by atoms with van der Waals surface area (Å²) in [5, 5.41) is 3.26. The number of hydrogen-bond acceptors (Lipinski definition) is 5. The van der Waals surface area contributed by atoms with Crippen molar-refractivity contribution in [2.24, 2.45) is 0 Å². The van der Waals surface area contributed by atoms with Gasteiger partial charge < -0.3 is 14.4 Å². The van der Waals surface area contributed by atoms with Gasteiger partial charge in [0, 0.05) is 16.8 Å². The lowest BCUT2D eigenvalue weighted by Crippen LogP contribution is -2.50. The van der Waals surface area contributed by atoms with Gasteiger partial charge in [-0.3, -0.25) is 4.79 Å². The van der Waals surface area contributed by atoms with Crippen LogP contribution < -0.4 is 9.50 Å². The van der Waals surface area contributed by atoms with Gasteiger partial charge in [0.25, 0.3) is 0 Å². The molecule has 0 atom stereocenters. The summed E-state index contributed by atoms with van der Waals surface area (Å²) >= 11 is 5.86. The zero-order valence-electron chi connectivity index (χ0n) is 16.1. The molecule has 0 aliphatic carbocycles. The molecule has 2 aromatic rings. The molecule has 29 heavy (non-hydrogen) atoms. The van der Waals surface area contributed by atoms with Gasteiger partial charge in [0.15, 0.2) is 0 Å². The third kappa shape index (κ3) is 6.17. The minimum Gasteiger partial charge on any atom is -0.371 e. The van der Waals surface area contributed by atoms with Crippen LogP contribution in [0, 0.1) is 0 Å². The van der Waals surface area contributed by atoms with E-state index in [2.05, 4.69) is 10.2 Å². The van der Waals surface area contributed by atoms with Crippen molar-refractivity contribution in [3.63, 3.8) is 0 Å². The molecule has 1 saturated heterocycles. The molecule has 1 aliphatic rings. The van der Waals surface area contributed by atoms with Crippen molar-refractivity contribution < 1.29 is 17.4 Å². The normalized spacial score (nSPS) is 16.0. The van der Waals surface area contributed by atoms with Gasteiger partial charge in [-0.05, 0) is 69.4 Å². The van der Waals surface area contributed by atoms with Gasteiger partial charge in [0.1, 0.15) is 5.75 Å². The maximum Gasteiger partial charge on any atom is 0.385 e. The largest absolute Gasteiger partial charge is 0.385 e. The highest BCUT2D eigenvalue weighted by atomic mass is 35.5. The fourth-order valence-corrected chi connectivity index (χ4v) is 4.62. The van der Waals surface area contributed by atoms with Crippen molar-refractivity contribution in [3.8, 4) is 5.75 Å². The molecular weight excluding hydrogens is 414 g/mol. The monoisotopic (exact) mass is 437 g/mol. The number of anilines is 1. The Morgan fingerprint density at radius 2 is 1.76 bits per heavy atom. The van der Waals surface area contributed by atoms with Gasteiger partial charge >= 0.3 is 10.3 Å². The molecule has 1 N–H and O–H groups in total. The van der Waals surface area contributed by atoms with E-state index in [0.29, 0.717) is 23.6 Å². The summed E-state index contributed by atoms with van der Waals surface area (Å²) in [6.07, 6.45) is 1.25. The third-order valence-corrected chi connectivity index (χ3v) is 6.41. The Morgan fingerprint density at radius 1 is 1.14 bits per heavy atom. The summed E-state index contributed by atoms with van der Waals surface area (Å²) in [4.78, 5) is 14.7. The van der Waals surface area contributed by atoms with Crippen LogP contribution in [0.2, 0.25) is 5.02 Å². The molecule has 0 spiro atoms. The first-order chi connectivity index (χ1) is 13.8. The Kier molecular flexibility index (Phi) is 7.13. The molecule has 156 valence electrons. The lowest BCUT2D eigenvalue weighted by molar-refractivity contribution is -0.117. The molecule has 1 amide bonds. The van der Waals surface area contributed by atoms with E-state index in [1.165, 1.54) is 0 Å². The molecular formula is C20H24ClN3O4S. The Labute approximate surface area is 176 Å². The number of nitrogens with one attached hydrogen (secondary N) is 1. The molecule has 0 unspecified atom stereocenters. The lowest BCUT2D eigenvalue weighted by Gasteiger charge is -2.35. The summed E-state index contributed by atoms with van der Waals surface area (Å²) < 4.78 is 32.5. The zero-order valence-corrected chi connectivity index (χ0v) is 17.7. The maximum absolute atomic E-state index is 13.0. The molecule has 2 aromatic carbocycles. The van der Waals surface area contributed by atoms with E-state index < -0.39 is 16.2 Å². The summed E-state index contributed by atoms with van der Waals surface area (Å²) in [5.74, 6) is -0.227. The molecule has 1 fully saturated rings. The molecule has 0 bridgehead atoms. The second-order valence-corrected chi connectivity index (χ2v) is 8.92. The number of piperidine rings is 1. The number of halogens is 1. The summed E-state index contributed by atoms with van der Waals surface area (Å²) in [6.45, 7) is 1.17. The Balaban J connectivity index is 1.76. The van der Waals surface area contributed by atoms with Gasteiger partial charge in [-0.1, -0.05) is 29.8 Å². The average molecular weight is 438 g/mol. The van der Waals surface area contributed by atoms with Crippen LogP contribution in [0.3, 0.4) is 0 Å². The number of benzene rings is 2. The van der Waals surface area contributed by atoms with Gasteiger partial charge in [-0.2, -0.15) is 12.7 Å². The summed E-state index contributed by atoms with van der Waals surface area (Å²) in [5.41, 5.74) is 0.545. The third-order valence-electron chi connectivity index (χ3n) is 4.75. The van der Waals surface area contributed by atoms with Crippen molar-refractivity contribution in [1.29, 1.82) is 0 Å². The van der Waals surface area contributed by atoms with Crippen LogP contribution in [-0.4, -0.2) is 56.3 Å². The number of nitrogens with zero attached hydrogens (tertiary/aromatic N) is 2. The standard InChI is InChI=1S/C20H24ClN3O4S/c1-23-13-11-18(12-14-23)24(29(26,27)28-19-5-3-2-4-6-19)15-20(25)22-17-9-7-16(21)8-10-17/h2-10,18H,11-15H2,1H3,(H,22,25). The van der Waals surface area contributed by atoms with Crippen molar-refractivity contribution >= 4 is 33.5 Å². The zero-order chi connectivity index (χ0) is 20.9. The first-order valence-electron chi connectivity index (χ1n) is 9.34. The highest BCUT2D eigenvalue weighted by Crippen LogP contribution is 2.22. The van der Waals surface area contributed by atoms with Gasteiger partial charge in [0.05, 0.1) is 6.54 Å². The molecule has 3 rings (SSSR count). The van der Waals surface area contributed by atoms with Crippen molar-refractivity contribution in [2.45, 2.75) is 18.9 Å². The molecule has 1 aliphatic heterocycles. The number of rotatable bonds is 7. The Morgan fingerprint density at radius 3 is 2.38 bits per heavy atom. The second-order valence-electron chi connectivity index (χ2n) is 6.99. The van der Waals surface area contributed by atoms with E-state index in [0.717, 1.165) is 17.4 Å². The fourth-order valence-electron chi connectivity index (χ4n) is 3.19. The van der Waals surface area contributed by atoms with E-state index in [1.54, 1.807) is 54.6 Å². The number of carbonyl (C=O) groups is 1. The van der Waals surface area contributed by atoms with Crippen LogP contribution in [-0.2, 0) is 15.1 Å². The fraction of sp³-hybridized carbons (Fsp3) is 0.350. The summed E-state index contributed by atoms with van der Waals surface area (Å²) in [6, 6.07) is 14.6. The number of carbonyl (C=O) groups excluding carboxylic acids is 1.